The van der Waals surface area contributed by atoms with Crippen LogP contribution in [0.25, 0.3) is 0 Å². The molecule has 1 heterocycles. The number of imide groups is 1. The summed E-state index contributed by atoms with van der Waals surface area (Å²) in [7, 11) is 0. The number of aryl methyl sites for hydroxylation is 1. The number of benzene rings is 1. The van der Waals surface area contributed by atoms with Crippen LogP contribution in [0.1, 0.15) is 12.0 Å². The average Bonchev–Trinajstić information content (AvgIpc) is 2.59. The maximum Gasteiger partial charge on any atom is 0.238 e. The first-order chi connectivity index (χ1) is 8.45. The molecule has 2 amide bonds. The molecular weight excluding hydrogens is 324 g/mol. The highest BCUT2D eigenvalue weighted by atomic mass is 79.9. The Kier molecular flexibility index (Phi) is 3.73. The molecule has 0 N–H and O–H groups in total. The number of carbonyl (C=O) groups excluding carboxylic acids is 2. The van der Waals surface area contributed by atoms with Crippen LogP contribution in [0.15, 0.2) is 12.1 Å². The van der Waals surface area contributed by atoms with E-state index in [1.165, 1.54) is 6.07 Å². The van der Waals surface area contributed by atoms with E-state index >= 15 is 0 Å². The molecule has 1 aliphatic rings. The van der Waals surface area contributed by atoms with Gasteiger partial charge in [-0.15, -0.1) is 0 Å². The van der Waals surface area contributed by atoms with Gasteiger partial charge in [-0.3, -0.25) is 9.59 Å². The molecule has 18 heavy (non-hydrogen) atoms. The van der Waals surface area contributed by atoms with Crippen LogP contribution in [0.3, 0.4) is 0 Å². The van der Waals surface area contributed by atoms with Gasteiger partial charge in [-0.05, 0) is 24.6 Å². The molecule has 6 heteroatoms. The van der Waals surface area contributed by atoms with Crippen LogP contribution in [0.5, 0.6) is 0 Å². The largest absolute Gasteiger partial charge is 0.274 e. The first-order valence-corrected chi connectivity index (χ1v) is 6.84. The van der Waals surface area contributed by atoms with E-state index in [-0.39, 0.29) is 28.9 Å². The lowest BCUT2D eigenvalue weighted by molar-refractivity contribution is -0.122. The molecular formula is C12H10BrClFNO2. The second kappa shape index (κ2) is 4.97. The van der Waals surface area contributed by atoms with Crippen LogP contribution < -0.4 is 4.90 Å². The second-order valence-corrected chi connectivity index (χ2v) is 5.23. The summed E-state index contributed by atoms with van der Waals surface area (Å²) in [5.41, 5.74) is 0.603. The standard InChI is InChI=1S/C12H10BrClFNO2/c1-6-2-10(9(15)4-8(6)14)16-11(17)3-7(5-13)12(16)18/h2,4,7H,3,5H2,1H3. The molecule has 0 aliphatic carbocycles. The van der Waals surface area contributed by atoms with Gasteiger partial charge in [0.15, 0.2) is 0 Å². The van der Waals surface area contributed by atoms with Gasteiger partial charge in [-0.1, -0.05) is 27.5 Å². The van der Waals surface area contributed by atoms with Crippen molar-refractivity contribution in [2.45, 2.75) is 13.3 Å². The third kappa shape index (κ3) is 2.17. The number of nitrogens with zero attached hydrogens (tertiary/aromatic N) is 1. The molecule has 2 rings (SSSR count). The van der Waals surface area contributed by atoms with Gasteiger partial charge < -0.3 is 0 Å². The molecule has 1 aromatic rings. The lowest BCUT2D eigenvalue weighted by Gasteiger charge is -2.16. The summed E-state index contributed by atoms with van der Waals surface area (Å²) in [5, 5.41) is 0.662. The summed E-state index contributed by atoms with van der Waals surface area (Å²) in [6.07, 6.45) is 0.102. The summed E-state index contributed by atoms with van der Waals surface area (Å²) in [4.78, 5) is 24.7. The number of rotatable bonds is 2. The Morgan fingerprint density at radius 3 is 2.72 bits per heavy atom. The molecule has 0 saturated carbocycles. The van der Waals surface area contributed by atoms with Gasteiger partial charge in [0.25, 0.3) is 0 Å². The summed E-state index contributed by atoms with van der Waals surface area (Å²) in [5.74, 6) is -1.85. The van der Waals surface area contributed by atoms with Crippen LogP contribution in [0, 0.1) is 18.7 Å². The summed E-state index contributed by atoms with van der Waals surface area (Å²) in [6, 6.07) is 2.54. The van der Waals surface area contributed by atoms with Crippen molar-refractivity contribution in [2.75, 3.05) is 10.2 Å². The predicted molar refractivity (Wildman–Crippen MR) is 70.5 cm³/mol. The zero-order valence-corrected chi connectivity index (χ0v) is 11.9. The fourth-order valence-electron chi connectivity index (χ4n) is 1.88. The van der Waals surface area contributed by atoms with E-state index < -0.39 is 11.7 Å². The molecule has 1 saturated heterocycles. The Labute approximate surface area is 117 Å². The third-order valence-corrected chi connectivity index (χ3v) is 4.08. The fourth-order valence-corrected chi connectivity index (χ4v) is 2.54. The monoisotopic (exact) mass is 333 g/mol. The number of amides is 2. The third-order valence-electron chi connectivity index (χ3n) is 2.90. The van der Waals surface area contributed by atoms with Gasteiger partial charge in [0, 0.05) is 16.8 Å². The van der Waals surface area contributed by atoms with Crippen molar-refractivity contribution in [1.82, 2.24) is 0 Å². The fraction of sp³-hybridized carbons (Fsp3) is 0.333. The Morgan fingerprint density at radius 1 is 1.50 bits per heavy atom. The lowest BCUT2D eigenvalue weighted by atomic mass is 10.1. The van der Waals surface area contributed by atoms with Crippen molar-refractivity contribution in [1.29, 1.82) is 0 Å². The maximum atomic E-state index is 13.8. The van der Waals surface area contributed by atoms with E-state index in [0.29, 0.717) is 10.9 Å². The minimum atomic E-state index is -0.664. The van der Waals surface area contributed by atoms with Crippen molar-refractivity contribution < 1.29 is 14.0 Å². The number of halogens is 3. The van der Waals surface area contributed by atoms with Crippen molar-refractivity contribution >= 4 is 45.0 Å². The number of hydrogen-bond acceptors (Lipinski definition) is 2. The Balaban J connectivity index is 2.46. The molecule has 0 bridgehead atoms. The van der Waals surface area contributed by atoms with Gasteiger partial charge in [-0.2, -0.15) is 0 Å². The first kappa shape index (κ1) is 13.5. The Bertz CT molecular complexity index is 535. The zero-order chi connectivity index (χ0) is 13.4. The quantitative estimate of drug-likeness (QED) is 0.616. The van der Waals surface area contributed by atoms with Crippen LogP contribution in [-0.2, 0) is 9.59 Å². The zero-order valence-electron chi connectivity index (χ0n) is 9.54. The van der Waals surface area contributed by atoms with Gasteiger partial charge in [0.1, 0.15) is 5.82 Å². The predicted octanol–water partition coefficient (Wildman–Crippen LogP) is 3.06. The maximum absolute atomic E-state index is 13.8. The van der Waals surface area contributed by atoms with Crippen molar-refractivity contribution in [3.05, 3.63) is 28.5 Å². The highest BCUT2D eigenvalue weighted by Gasteiger charge is 2.40. The van der Waals surface area contributed by atoms with Crippen molar-refractivity contribution in [2.24, 2.45) is 5.92 Å². The molecule has 1 atom stereocenters. The van der Waals surface area contributed by atoms with Gasteiger partial charge >= 0.3 is 0 Å². The number of anilines is 1. The molecule has 1 fully saturated rings. The number of hydrogen-bond donors (Lipinski definition) is 0. The van der Waals surface area contributed by atoms with Crippen LogP contribution >= 0.6 is 27.5 Å². The highest BCUT2D eigenvalue weighted by molar-refractivity contribution is 9.09. The van der Waals surface area contributed by atoms with Gasteiger partial charge in [0.2, 0.25) is 11.8 Å². The second-order valence-electron chi connectivity index (χ2n) is 4.18. The van der Waals surface area contributed by atoms with Crippen molar-refractivity contribution in [3.8, 4) is 0 Å². The number of carbonyl (C=O) groups is 2. The minimum absolute atomic E-state index is 0.0182. The van der Waals surface area contributed by atoms with E-state index in [0.717, 1.165) is 11.0 Å². The van der Waals surface area contributed by atoms with Crippen LogP contribution in [0.2, 0.25) is 5.02 Å². The normalized spacial score (nSPS) is 19.8. The van der Waals surface area contributed by atoms with E-state index in [2.05, 4.69) is 15.9 Å². The molecule has 1 unspecified atom stereocenters. The van der Waals surface area contributed by atoms with E-state index in [1.807, 2.05) is 0 Å². The molecule has 0 aromatic heterocycles. The van der Waals surface area contributed by atoms with E-state index in [1.54, 1.807) is 6.92 Å². The molecule has 0 spiro atoms. The summed E-state index contributed by atoms with van der Waals surface area (Å²) in [6.45, 7) is 1.69. The van der Waals surface area contributed by atoms with E-state index in [4.69, 9.17) is 11.6 Å². The molecule has 1 aliphatic heterocycles. The van der Waals surface area contributed by atoms with Crippen LogP contribution in [-0.4, -0.2) is 17.1 Å². The summed E-state index contributed by atoms with van der Waals surface area (Å²) < 4.78 is 13.8. The topological polar surface area (TPSA) is 37.4 Å². The SMILES string of the molecule is Cc1cc(N2C(=O)CC(CBr)C2=O)c(F)cc1Cl. The summed E-state index contributed by atoms with van der Waals surface area (Å²) >= 11 is 8.96. The lowest BCUT2D eigenvalue weighted by Crippen LogP contribution is -2.31. The number of alkyl halides is 1. The van der Waals surface area contributed by atoms with Gasteiger partial charge in [-0.25, -0.2) is 9.29 Å². The highest BCUT2D eigenvalue weighted by Crippen LogP contribution is 2.32. The Morgan fingerprint density at radius 2 is 2.17 bits per heavy atom. The molecule has 3 nitrogen and oxygen atoms in total. The average molecular weight is 335 g/mol. The van der Waals surface area contributed by atoms with Crippen LogP contribution in [0.4, 0.5) is 10.1 Å². The Hall–Kier alpha value is -0.940. The molecule has 0 radical (unpaired) electrons. The first-order valence-electron chi connectivity index (χ1n) is 5.34. The van der Waals surface area contributed by atoms with E-state index in [9.17, 15) is 14.0 Å². The molecule has 1 aromatic carbocycles. The smallest absolute Gasteiger partial charge is 0.238 e. The molecule has 96 valence electrons. The van der Waals surface area contributed by atoms with Crippen molar-refractivity contribution in [3.63, 3.8) is 0 Å². The van der Waals surface area contributed by atoms with Gasteiger partial charge in [0.05, 0.1) is 11.6 Å². The minimum Gasteiger partial charge on any atom is -0.274 e.